The molecule has 2 aliphatic rings. The van der Waals surface area contributed by atoms with E-state index in [1.807, 2.05) is 0 Å². The van der Waals surface area contributed by atoms with Crippen LogP contribution in [0.5, 0.6) is 5.75 Å². The van der Waals surface area contributed by atoms with Gasteiger partial charge in [-0.3, -0.25) is 0 Å². The number of hydrogen-bond acceptors (Lipinski definition) is 2. The molecule has 2 saturated carbocycles. The second-order valence-electron chi connectivity index (χ2n) is 7.35. The van der Waals surface area contributed by atoms with Gasteiger partial charge >= 0.3 is 0 Å². The van der Waals surface area contributed by atoms with Crippen LogP contribution < -0.4 is 10.1 Å². The van der Waals surface area contributed by atoms with Crippen molar-refractivity contribution in [3.63, 3.8) is 0 Å². The highest BCUT2D eigenvalue weighted by Gasteiger charge is 2.57. The van der Waals surface area contributed by atoms with Gasteiger partial charge in [0.05, 0.1) is 7.11 Å². The molecular weight excluding hydrogens is 258 g/mol. The lowest BCUT2D eigenvalue weighted by Crippen LogP contribution is -2.57. The highest BCUT2D eigenvalue weighted by atomic mass is 16.5. The summed E-state index contributed by atoms with van der Waals surface area (Å²) in [6, 6.07) is 6.84. The van der Waals surface area contributed by atoms with Crippen molar-refractivity contribution in [1.29, 1.82) is 0 Å². The van der Waals surface area contributed by atoms with Crippen molar-refractivity contribution in [2.75, 3.05) is 20.2 Å². The third-order valence-electron chi connectivity index (χ3n) is 5.75. The van der Waals surface area contributed by atoms with E-state index in [1.54, 1.807) is 7.11 Å². The zero-order valence-electron chi connectivity index (χ0n) is 13.8. The molecule has 116 valence electrons. The minimum Gasteiger partial charge on any atom is -0.496 e. The average molecular weight is 287 g/mol. The number of hydrogen-bond donors (Lipinski definition) is 1. The van der Waals surface area contributed by atoms with E-state index >= 15 is 0 Å². The molecular formula is C19H29NO. The first-order valence-corrected chi connectivity index (χ1v) is 8.49. The summed E-state index contributed by atoms with van der Waals surface area (Å²) >= 11 is 0. The maximum Gasteiger partial charge on any atom is 0.122 e. The molecule has 2 aliphatic carbocycles. The van der Waals surface area contributed by atoms with Gasteiger partial charge in [-0.15, -0.1) is 0 Å². The van der Waals surface area contributed by atoms with Crippen LogP contribution in [0.25, 0.3) is 0 Å². The molecule has 0 aromatic heterocycles. The topological polar surface area (TPSA) is 21.3 Å². The van der Waals surface area contributed by atoms with Crippen LogP contribution in [0.3, 0.4) is 0 Å². The normalized spacial score (nSPS) is 21.7. The molecule has 2 heteroatoms. The molecule has 0 atom stereocenters. The molecule has 0 saturated heterocycles. The quantitative estimate of drug-likeness (QED) is 0.792. The lowest BCUT2D eigenvalue weighted by Gasteiger charge is -2.62. The van der Waals surface area contributed by atoms with Crippen LogP contribution in [0.15, 0.2) is 18.2 Å². The summed E-state index contributed by atoms with van der Waals surface area (Å²) in [4.78, 5) is 0. The number of nitrogens with one attached hydrogen (secondary N) is 1. The van der Waals surface area contributed by atoms with Crippen molar-refractivity contribution in [3.8, 4) is 5.75 Å². The molecule has 0 bridgehead atoms. The van der Waals surface area contributed by atoms with Gasteiger partial charge in [0.1, 0.15) is 5.75 Å². The molecule has 21 heavy (non-hydrogen) atoms. The Labute approximate surface area is 129 Å². The standard InChI is InChI=1S/C19H29NO/c1-4-10-20-14-19(12-18(13-19)8-5-9-18)16-7-6-15(2)17(11-16)21-3/h6-7,11,20H,4-5,8-10,12-14H2,1-3H3. The minimum atomic E-state index is 0.344. The Bertz CT molecular complexity index is 496. The van der Waals surface area contributed by atoms with E-state index in [1.165, 1.54) is 49.7 Å². The molecule has 1 N–H and O–H groups in total. The maximum absolute atomic E-state index is 5.55. The number of benzene rings is 1. The summed E-state index contributed by atoms with van der Waals surface area (Å²) < 4.78 is 5.55. The van der Waals surface area contributed by atoms with Crippen LogP contribution in [0.1, 0.15) is 56.6 Å². The van der Waals surface area contributed by atoms with Gasteiger partial charge in [0.15, 0.2) is 0 Å². The predicted molar refractivity (Wildman–Crippen MR) is 88.1 cm³/mol. The number of methoxy groups -OCH3 is 1. The minimum absolute atomic E-state index is 0.344. The fourth-order valence-corrected chi connectivity index (χ4v) is 4.50. The number of ether oxygens (including phenoxy) is 1. The molecule has 2 fully saturated rings. The van der Waals surface area contributed by atoms with E-state index in [4.69, 9.17) is 4.74 Å². The summed E-state index contributed by atoms with van der Waals surface area (Å²) in [6.45, 7) is 6.61. The second-order valence-corrected chi connectivity index (χ2v) is 7.35. The largest absolute Gasteiger partial charge is 0.496 e. The van der Waals surface area contributed by atoms with E-state index in [9.17, 15) is 0 Å². The molecule has 0 amide bonds. The van der Waals surface area contributed by atoms with Crippen LogP contribution >= 0.6 is 0 Å². The first-order chi connectivity index (χ1) is 10.1. The van der Waals surface area contributed by atoms with E-state index in [0.717, 1.165) is 18.8 Å². The Balaban J connectivity index is 1.81. The fourth-order valence-electron chi connectivity index (χ4n) is 4.50. The van der Waals surface area contributed by atoms with E-state index in [0.29, 0.717) is 10.8 Å². The molecule has 0 radical (unpaired) electrons. The second kappa shape index (κ2) is 5.64. The van der Waals surface area contributed by atoms with Crippen molar-refractivity contribution in [2.24, 2.45) is 5.41 Å². The van der Waals surface area contributed by atoms with Crippen molar-refractivity contribution in [3.05, 3.63) is 29.3 Å². The molecule has 2 nitrogen and oxygen atoms in total. The first kappa shape index (κ1) is 14.9. The monoisotopic (exact) mass is 287 g/mol. The van der Waals surface area contributed by atoms with Gasteiger partial charge in [-0.2, -0.15) is 0 Å². The predicted octanol–water partition coefficient (Wildman–Crippen LogP) is 4.21. The lowest BCUT2D eigenvalue weighted by molar-refractivity contribution is -0.0482. The van der Waals surface area contributed by atoms with Crippen LogP contribution in [0.4, 0.5) is 0 Å². The average Bonchev–Trinajstić information content (AvgIpc) is 2.40. The van der Waals surface area contributed by atoms with E-state index in [-0.39, 0.29) is 0 Å². The zero-order chi connectivity index (χ0) is 14.9. The van der Waals surface area contributed by atoms with Crippen LogP contribution in [-0.4, -0.2) is 20.2 Å². The number of aryl methyl sites for hydroxylation is 1. The first-order valence-electron chi connectivity index (χ1n) is 8.49. The van der Waals surface area contributed by atoms with Crippen LogP contribution in [0, 0.1) is 12.3 Å². The third kappa shape index (κ3) is 2.59. The Hall–Kier alpha value is -1.02. The Morgan fingerprint density at radius 2 is 2.00 bits per heavy atom. The van der Waals surface area contributed by atoms with Gasteiger partial charge in [-0.05, 0) is 68.2 Å². The molecule has 0 aliphatic heterocycles. The fraction of sp³-hybridized carbons (Fsp3) is 0.684. The summed E-state index contributed by atoms with van der Waals surface area (Å²) in [6.07, 6.45) is 8.27. The van der Waals surface area contributed by atoms with Gasteiger partial charge in [0.25, 0.3) is 0 Å². The highest BCUT2D eigenvalue weighted by Crippen LogP contribution is 2.64. The SMILES string of the molecule is CCCNCC1(c2ccc(C)c(OC)c2)CC2(CCC2)C1. The molecule has 1 aromatic carbocycles. The Morgan fingerprint density at radius 1 is 1.24 bits per heavy atom. The van der Waals surface area contributed by atoms with Crippen molar-refractivity contribution in [2.45, 2.75) is 57.8 Å². The van der Waals surface area contributed by atoms with Gasteiger partial charge in [-0.25, -0.2) is 0 Å². The van der Waals surface area contributed by atoms with Crippen molar-refractivity contribution >= 4 is 0 Å². The summed E-state index contributed by atoms with van der Waals surface area (Å²) in [7, 11) is 1.78. The van der Waals surface area contributed by atoms with E-state index in [2.05, 4.69) is 37.4 Å². The highest BCUT2D eigenvalue weighted by molar-refractivity contribution is 5.42. The van der Waals surface area contributed by atoms with E-state index < -0.39 is 0 Å². The summed E-state index contributed by atoms with van der Waals surface area (Å²) in [5, 5.41) is 3.67. The Kier molecular flexibility index (Phi) is 4.00. The van der Waals surface area contributed by atoms with Crippen LogP contribution in [0.2, 0.25) is 0 Å². The molecule has 3 rings (SSSR count). The molecule has 0 heterocycles. The smallest absolute Gasteiger partial charge is 0.122 e. The van der Waals surface area contributed by atoms with Gasteiger partial charge in [0.2, 0.25) is 0 Å². The van der Waals surface area contributed by atoms with Crippen LogP contribution in [-0.2, 0) is 5.41 Å². The Morgan fingerprint density at radius 3 is 2.57 bits per heavy atom. The zero-order valence-corrected chi connectivity index (χ0v) is 13.8. The summed E-state index contributed by atoms with van der Waals surface area (Å²) in [5.41, 5.74) is 3.74. The van der Waals surface area contributed by atoms with Gasteiger partial charge < -0.3 is 10.1 Å². The number of rotatable bonds is 6. The summed E-state index contributed by atoms with van der Waals surface area (Å²) in [5.74, 6) is 1.04. The molecule has 1 aromatic rings. The van der Waals surface area contributed by atoms with Gasteiger partial charge in [0, 0.05) is 12.0 Å². The lowest BCUT2D eigenvalue weighted by atomic mass is 9.43. The van der Waals surface area contributed by atoms with Crippen molar-refractivity contribution in [1.82, 2.24) is 5.32 Å². The molecule has 1 spiro atoms. The van der Waals surface area contributed by atoms with Gasteiger partial charge in [-0.1, -0.05) is 25.5 Å². The third-order valence-corrected chi connectivity index (χ3v) is 5.75. The van der Waals surface area contributed by atoms with Crippen molar-refractivity contribution < 1.29 is 4.74 Å². The molecule has 0 unspecified atom stereocenters. The maximum atomic E-state index is 5.55.